The summed E-state index contributed by atoms with van der Waals surface area (Å²) >= 11 is 1.82. The van der Waals surface area contributed by atoms with Crippen LogP contribution >= 0.6 is 11.3 Å². The molecule has 0 amide bonds. The van der Waals surface area contributed by atoms with Crippen LogP contribution in [0.15, 0.2) is 5.38 Å². The van der Waals surface area contributed by atoms with Crippen molar-refractivity contribution in [1.82, 2.24) is 15.2 Å². The maximum Gasteiger partial charge on any atom is 0.0954 e. The molecular formula is C16H29N3S. The highest BCUT2D eigenvalue weighted by Crippen LogP contribution is 2.21. The van der Waals surface area contributed by atoms with E-state index in [1.165, 1.54) is 56.1 Å². The third kappa shape index (κ3) is 4.83. The molecule has 0 aromatic carbocycles. The summed E-state index contributed by atoms with van der Waals surface area (Å²) in [4.78, 5) is 7.40. The Kier molecular flexibility index (Phi) is 6.46. The molecule has 1 aliphatic rings. The van der Waals surface area contributed by atoms with E-state index in [0.29, 0.717) is 5.92 Å². The van der Waals surface area contributed by atoms with Gasteiger partial charge in [0.15, 0.2) is 0 Å². The van der Waals surface area contributed by atoms with Gasteiger partial charge in [-0.15, -0.1) is 11.3 Å². The molecule has 1 aromatic rings. The molecule has 0 spiro atoms. The second-order valence-electron chi connectivity index (χ2n) is 6.26. The van der Waals surface area contributed by atoms with Gasteiger partial charge in [-0.2, -0.15) is 0 Å². The van der Waals surface area contributed by atoms with Crippen LogP contribution in [0.5, 0.6) is 0 Å². The molecule has 1 aromatic heterocycles. The van der Waals surface area contributed by atoms with Crippen molar-refractivity contribution in [3.8, 4) is 0 Å². The zero-order valence-electron chi connectivity index (χ0n) is 13.2. The first-order valence-corrected chi connectivity index (χ1v) is 8.94. The Balaban J connectivity index is 1.89. The average Bonchev–Trinajstić information content (AvgIpc) is 2.89. The van der Waals surface area contributed by atoms with Gasteiger partial charge in [0, 0.05) is 24.4 Å². The van der Waals surface area contributed by atoms with Gasteiger partial charge >= 0.3 is 0 Å². The molecule has 20 heavy (non-hydrogen) atoms. The fourth-order valence-electron chi connectivity index (χ4n) is 2.87. The van der Waals surface area contributed by atoms with Gasteiger partial charge < -0.3 is 5.32 Å². The molecule has 1 aliphatic heterocycles. The fourth-order valence-corrected chi connectivity index (χ4v) is 3.70. The van der Waals surface area contributed by atoms with E-state index in [1.807, 2.05) is 11.3 Å². The highest BCUT2D eigenvalue weighted by molar-refractivity contribution is 7.09. The van der Waals surface area contributed by atoms with Crippen LogP contribution in [0, 0.1) is 5.92 Å². The lowest BCUT2D eigenvalue weighted by Crippen LogP contribution is -2.36. The van der Waals surface area contributed by atoms with Gasteiger partial charge in [0.2, 0.25) is 0 Å². The van der Waals surface area contributed by atoms with Crippen LogP contribution < -0.4 is 5.32 Å². The van der Waals surface area contributed by atoms with Crippen molar-refractivity contribution in [2.45, 2.75) is 52.5 Å². The Hall–Kier alpha value is -0.450. The predicted molar refractivity (Wildman–Crippen MR) is 87.4 cm³/mol. The maximum absolute atomic E-state index is 4.79. The van der Waals surface area contributed by atoms with Gasteiger partial charge in [-0.1, -0.05) is 20.8 Å². The number of rotatable bonds is 7. The lowest BCUT2D eigenvalue weighted by molar-refractivity contribution is 0.197. The van der Waals surface area contributed by atoms with Gasteiger partial charge in [0.1, 0.15) is 0 Å². The lowest BCUT2D eigenvalue weighted by Gasteiger charge is -2.29. The molecule has 3 nitrogen and oxygen atoms in total. The topological polar surface area (TPSA) is 28.2 Å². The first kappa shape index (κ1) is 15.9. The van der Waals surface area contributed by atoms with Crippen LogP contribution in [-0.2, 0) is 6.54 Å². The quantitative estimate of drug-likeness (QED) is 0.835. The standard InChI is InChI=1S/C16H29N3S/c1-4-9-19(10-14-5-7-17-8-6-14)11-15-12-20-16(18-15)13(2)3/h12-14,17H,4-11H2,1-3H3. The minimum Gasteiger partial charge on any atom is -0.317 e. The lowest BCUT2D eigenvalue weighted by atomic mass is 9.97. The van der Waals surface area contributed by atoms with Crippen LogP contribution in [0.25, 0.3) is 0 Å². The van der Waals surface area contributed by atoms with Gasteiger partial charge in [0.05, 0.1) is 10.7 Å². The highest BCUT2D eigenvalue weighted by atomic mass is 32.1. The summed E-state index contributed by atoms with van der Waals surface area (Å²) in [5, 5.41) is 6.98. The normalized spacial score (nSPS) is 17.2. The number of hydrogen-bond acceptors (Lipinski definition) is 4. The molecule has 0 aliphatic carbocycles. The summed E-state index contributed by atoms with van der Waals surface area (Å²) in [6, 6.07) is 0. The van der Waals surface area contributed by atoms with Crippen LogP contribution in [0.2, 0.25) is 0 Å². The number of nitrogens with zero attached hydrogens (tertiary/aromatic N) is 2. The Morgan fingerprint density at radius 2 is 2.15 bits per heavy atom. The van der Waals surface area contributed by atoms with Crippen LogP contribution in [0.1, 0.15) is 56.7 Å². The van der Waals surface area contributed by atoms with Crippen LogP contribution in [0.3, 0.4) is 0 Å². The van der Waals surface area contributed by atoms with E-state index in [-0.39, 0.29) is 0 Å². The van der Waals surface area contributed by atoms with Crippen molar-refractivity contribution in [3.05, 3.63) is 16.1 Å². The summed E-state index contributed by atoms with van der Waals surface area (Å²) in [6.45, 7) is 12.6. The Morgan fingerprint density at radius 1 is 1.40 bits per heavy atom. The Bertz CT molecular complexity index is 383. The zero-order valence-corrected chi connectivity index (χ0v) is 14.0. The molecule has 1 saturated heterocycles. The summed E-state index contributed by atoms with van der Waals surface area (Å²) in [6.07, 6.45) is 3.88. The largest absolute Gasteiger partial charge is 0.317 e. The molecule has 1 fully saturated rings. The first-order chi connectivity index (χ1) is 9.69. The van der Waals surface area contributed by atoms with Crippen LogP contribution in [-0.4, -0.2) is 36.1 Å². The second-order valence-corrected chi connectivity index (χ2v) is 7.15. The Labute approximate surface area is 127 Å². The van der Waals surface area contributed by atoms with Crippen molar-refractivity contribution in [2.75, 3.05) is 26.2 Å². The second kappa shape index (κ2) is 8.11. The molecule has 2 heterocycles. The monoisotopic (exact) mass is 295 g/mol. The SMILES string of the molecule is CCCN(Cc1csc(C(C)C)n1)CC1CCNCC1. The van der Waals surface area contributed by atoms with Gasteiger partial charge in [0.25, 0.3) is 0 Å². The molecular weight excluding hydrogens is 266 g/mol. The van der Waals surface area contributed by atoms with Crippen molar-refractivity contribution in [2.24, 2.45) is 5.92 Å². The van der Waals surface area contributed by atoms with E-state index in [9.17, 15) is 0 Å². The number of thiazole rings is 1. The molecule has 2 rings (SSSR count). The molecule has 0 unspecified atom stereocenters. The van der Waals surface area contributed by atoms with Gasteiger partial charge in [-0.05, 0) is 44.8 Å². The van der Waals surface area contributed by atoms with Crippen molar-refractivity contribution in [1.29, 1.82) is 0 Å². The molecule has 0 saturated carbocycles. The Morgan fingerprint density at radius 3 is 2.75 bits per heavy atom. The molecule has 0 bridgehead atoms. The van der Waals surface area contributed by atoms with Crippen molar-refractivity contribution >= 4 is 11.3 Å². The third-order valence-electron chi connectivity index (χ3n) is 3.96. The van der Waals surface area contributed by atoms with Crippen molar-refractivity contribution < 1.29 is 0 Å². The zero-order chi connectivity index (χ0) is 14.4. The van der Waals surface area contributed by atoms with E-state index in [0.717, 1.165) is 12.5 Å². The number of piperidine rings is 1. The van der Waals surface area contributed by atoms with Gasteiger partial charge in [-0.25, -0.2) is 4.98 Å². The van der Waals surface area contributed by atoms with E-state index in [4.69, 9.17) is 4.98 Å². The number of hydrogen-bond donors (Lipinski definition) is 1. The summed E-state index contributed by atoms with van der Waals surface area (Å²) < 4.78 is 0. The molecule has 0 atom stereocenters. The van der Waals surface area contributed by atoms with E-state index >= 15 is 0 Å². The van der Waals surface area contributed by atoms with Crippen LogP contribution in [0.4, 0.5) is 0 Å². The average molecular weight is 295 g/mol. The van der Waals surface area contributed by atoms with E-state index in [1.54, 1.807) is 0 Å². The summed E-state index contributed by atoms with van der Waals surface area (Å²) in [7, 11) is 0. The minimum atomic E-state index is 0.554. The highest BCUT2D eigenvalue weighted by Gasteiger charge is 2.17. The van der Waals surface area contributed by atoms with Crippen molar-refractivity contribution in [3.63, 3.8) is 0 Å². The molecule has 114 valence electrons. The predicted octanol–water partition coefficient (Wildman–Crippen LogP) is 3.48. The third-order valence-corrected chi connectivity index (χ3v) is 5.16. The molecule has 1 N–H and O–H groups in total. The smallest absolute Gasteiger partial charge is 0.0954 e. The van der Waals surface area contributed by atoms with Gasteiger partial charge in [-0.3, -0.25) is 4.90 Å². The fraction of sp³-hybridized carbons (Fsp3) is 0.812. The molecule has 4 heteroatoms. The summed E-state index contributed by atoms with van der Waals surface area (Å²) in [5.41, 5.74) is 1.26. The first-order valence-electron chi connectivity index (χ1n) is 8.06. The number of aromatic nitrogens is 1. The summed E-state index contributed by atoms with van der Waals surface area (Å²) in [5.74, 6) is 1.42. The van der Waals surface area contributed by atoms with E-state index < -0.39 is 0 Å². The minimum absolute atomic E-state index is 0.554. The number of nitrogens with one attached hydrogen (secondary N) is 1. The van der Waals surface area contributed by atoms with E-state index in [2.05, 4.69) is 36.4 Å². The molecule has 0 radical (unpaired) electrons. The maximum atomic E-state index is 4.79.